The van der Waals surface area contributed by atoms with Gasteiger partial charge in [0, 0.05) is 45.6 Å². The highest BCUT2D eigenvalue weighted by atomic mass is 16.5. The summed E-state index contributed by atoms with van der Waals surface area (Å²) in [6, 6.07) is 0. The highest BCUT2D eigenvalue weighted by molar-refractivity contribution is 5.04. The van der Waals surface area contributed by atoms with E-state index in [2.05, 4.69) is 21.1 Å². The minimum atomic E-state index is 0.560. The summed E-state index contributed by atoms with van der Waals surface area (Å²) in [7, 11) is 3.79. The van der Waals surface area contributed by atoms with Gasteiger partial charge in [-0.1, -0.05) is 0 Å². The van der Waals surface area contributed by atoms with Crippen LogP contribution in [0.1, 0.15) is 31.2 Å². The molecule has 1 aromatic heterocycles. The largest absolute Gasteiger partial charge is 0.383 e. The van der Waals surface area contributed by atoms with Gasteiger partial charge in [-0.3, -0.25) is 9.58 Å². The first-order chi connectivity index (χ1) is 10.7. The van der Waals surface area contributed by atoms with Crippen LogP contribution in [-0.4, -0.2) is 66.0 Å². The standard InChI is InChI=1S/C17H30N4O/c1-19-13-16(12-18-19)14-21-7-3-4-17(15-21)5-8-20(9-6-17)10-11-22-2/h12-13H,3-11,14-15H2,1-2H3. The third-order valence-corrected chi connectivity index (χ3v) is 5.43. The van der Waals surface area contributed by atoms with E-state index in [1.54, 1.807) is 7.11 Å². The molecular formula is C17H30N4O. The lowest BCUT2D eigenvalue weighted by Crippen LogP contribution is -2.49. The summed E-state index contributed by atoms with van der Waals surface area (Å²) in [5, 5.41) is 4.30. The monoisotopic (exact) mass is 306 g/mol. The van der Waals surface area contributed by atoms with Crippen molar-refractivity contribution in [1.82, 2.24) is 19.6 Å². The van der Waals surface area contributed by atoms with E-state index in [-0.39, 0.29) is 0 Å². The lowest BCUT2D eigenvalue weighted by Gasteiger charge is -2.47. The molecule has 0 aromatic carbocycles. The van der Waals surface area contributed by atoms with Crippen molar-refractivity contribution >= 4 is 0 Å². The van der Waals surface area contributed by atoms with Crippen molar-refractivity contribution in [2.24, 2.45) is 12.5 Å². The van der Waals surface area contributed by atoms with E-state index in [1.165, 1.54) is 57.4 Å². The Kier molecular flexibility index (Phi) is 5.16. The maximum atomic E-state index is 5.21. The Labute approximate surface area is 134 Å². The van der Waals surface area contributed by atoms with Gasteiger partial charge in [-0.15, -0.1) is 0 Å². The van der Waals surface area contributed by atoms with E-state index in [9.17, 15) is 0 Å². The van der Waals surface area contributed by atoms with E-state index >= 15 is 0 Å². The van der Waals surface area contributed by atoms with Gasteiger partial charge in [0.05, 0.1) is 12.8 Å². The molecule has 2 fully saturated rings. The number of piperidine rings is 2. The Morgan fingerprint density at radius 1 is 1.18 bits per heavy atom. The molecule has 0 N–H and O–H groups in total. The molecule has 0 saturated carbocycles. The first kappa shape index (κ1) is 16.0. The number of nitrogens with zero attached hydrogens (tertiary/aromatic N) is 4. The summed E-state index contributed by atoms with van der Waals surface area (Å²) < 4.78 is 7.12. The van der Waals surface area contributed by atoms with Gasteiger partial charge in [0.1, 0.15) is 0 Å². The normalized spacial score (nSPS) is 23.2. The van der Waals surface area contributed by atoms with Gasteiger partial charge < -0.3 is 9.64 Å². The second-order valence-corrected chi connectivity index (χ2v) is 7.17. The fourth-order valence-corrected chi connectivity index (χ4v) is 4.14. The molecule has 3 rings (SSSR count). The van der Waals surface area contributed by atoms with E-state index in [0.717, 1.165) is 19.7 Å². The summed E-state index contributed by atoms with van der Waals surface area (Å²) in [6.07, 6.45) is 9.61. The molecule has 0 unspecified atom stereocenters. The van der Waals surface area contributed by atoms with Gasteiger partial charge in [-0.05, 0) is 50.7 Å². The van der Waals surface area contributed by atoms with Crippen molar-refractivity contribution < 1.29 is 4.74 Å². The number of aryl methyl sites for hydroxylation is 1. The first-order valence-electron chi connectivity index (χ1n) is 8.60. The molecule has 2 aliphatic heterocycles. The van der Waals surface area contributed by atoms with Crippen molar-refractivity contribution in [3.63, 3.8) is 0 Å². The van der Waals surface area contributed by atoms with E-state index in [0.29, 0.717) is 5.41 Å². The van der Waals surface area contributed by atoms with Crippen molar-refractivity contribution in [1.29, 1.82) is 0 Å². The van der Waals surface area contributed by atoms with Crippen LogP contribution >= 0.6 is 0 Å². The van der Waals surface area contributed by atoms with Crippen molar-refractivity contribution in [3.05, 3.63) is 18.0 Å². The highest BCUT2D eigenvalue weighted by Gasteiger charge is 2.38. The van der Waals surface area contributed by atoms with E-state index in [4.69, 9.17) is 4.74 Å². The number of likely N-dealkylation sites (tertiary alicyclic amines) is 2. The summed E-state index contributed by atoms with van der Waals surface area (Å²) >= 11 is 0. The predicted octanol–water partition coefficient (Wildman–Crippen LogP) is 1.74. The van der Waals surface area contributed by atoms with Crippen molar-refractivity contribution in [2.45, 2.75) is 32.2 Å². The molecule has 5 heteroatoms. The average Bonchev–Trinajstić information content (AvgIpc) is 2.92. The molecule has 0 radical (unpaired) electrons. The summed E-state index contributed by atoms with van der Waals surface area (Å²) in [5.41, 5.74) is 1.90. The second kappa shape index (κ2) is 7.11. The molecule has 0 amide bonds. The topological polar surface area (TPSA) is 33.5 Å². The molecule has 0 aliphatic carbocycles. The van der Waals surface area contributed by atoms with Crippen LogP contribution in [0.5, 0.6) is 0 Å². The quantitative estimate of drug-likeness (QED) is 0.830. The Bertz CT molecular complexity index is 465. The molecule has 0 bridgehead atoms. The van der Waals surface area contributed by atoms with Gasteiger partial charge in [0.25, 0.3) is 0 Å². The SMILES string of the molecule is COCCN1CCC2(CCCN(Cc3cnn(C)c3)C2)CC1. The van der Waals surface area contributed by atoms with E-state index < -0.39 is 0 Å². The number of ether oxygens (including phenoxy) is 1. The Morgan fingerprint density at radius 3 is 2.68 bits per heavy atom. The molecule has 0 atom stereocenters. The summed E-state index contributed by atoms with van der Waals surface area (Å²) in [6.45, 7) is 7.99. The molecule has 2 aliphatic rings. The maximum Gasteiger partial charge on any atom is 0.0589 e. The summed E-state index contributed by atoms with van der Waals surface area (Å²) in [5.74, 6) is 0. The van der Waals surface area contributed by atoms with Crippen LogP contribution in [0.15, 0.2) is 12.4 Å². The molecule has 1 spiro atoms. The third kappa shape index (κ3) is 3.89. The number of hydrogen-bond donors (Lipinski definition) is 0. The van der Waals surface area contributed by atoms with Crippen LogP contribution < -0.4 is 0 Å². The third-order valence-electron chi connectivity index (χ3n) is 5.43. The van der Waals surface area contributed by atoms with Gasteiger partial charge in [0.15, 0.2) is 0 Å². The molecule has 1 aromatic rings. The maximum absolute atomic E-state index is 5.21. The van der Waals surface area contributed by atoms with Crippen molar-refractivity contribution in [2.75, 3.05) is 46.4 Å². The molecule has 124 valence electrons. The minimum absolute atomic E-state index is 0.560. The molecule has 5 nitrogen and oxygen atoms in total. The van der Waals surface area contributed by atoms with Gasteiger partial charge in [0.2, 0.25) is 0 Å². The fourth-order valence-electron chi connectivity index (χ4n) is 4.14. The van der Waals surface area contributed by atoms with Gasteiger partial charge in [-0.25, -0.2) is 0 Å². The number of methoxy groups -OCH3 is 1. The first-order valence-corrected chi connectivity index (χ1v) is 8.60. The van der Waals surface area contributed by atoms with Crippen LogP contribution in [0.2, 0.25) is 0 Å². The van der Waals surface area contributed by atoms with Crippen LogP contribution in [0, 0.1) is 5.41 Å². The fraction of sp³-hybridized carbons (Fsp3) is 0.824. The van der Waals surface area contributed by atoms with Gasteiger partial charge in [-0.2, -0.15) is 5.10 Å². The smallest absolute Gasteiger partial charge is 0.0589 e. The highest BCUT2D eigenvalue weighted by Crippen LogP contribution is 2.40. The van der Waals surface area contributed by atoms with Crippen LogP contribution in [0.3, 0.4) is 0 Å². The van der Waals surface area contributed by atoms with Crippen LogP contribution in [-0.2, 0) is 18.3 Å². The number of aromatic nitrogens is 2. The average molecular weight is 306 g/mol. The lowest BCUT2D eigenvalue weighted by molar-refractivity contribution is 0.0144. The van der Waals surface area contributed by atoms with Gasteiger partial charge >= 0.3 is 0 Å². The zero-order chi connectivity index (χ0) is 15.4. The predicted molar refractivity (Wildman–Crippen MR) is 87.7 cm³/mol. The van der Waals surface area contributed by atoms with Crippen LogP contribution in [0.4, 0.5) is 0 Å². The van der Waals surface area contributed by atoms with E-state index in [1.807, 2.05) is 17.9 Å². The number of hydrogen-bond acceptors (Lipinski definition) is 4. The van der Waals surface area contributed by atoms with Crippen molar-refractivity contribution in [3.8, 4) is 0 Å². The second-order valence-electron chi connectivity index (χ2n) is 7.17. The van der Waals surface area contributed by atoms with Crippen LogP contribution in [0.25, 0.3) is 0 Å². The minimum Gasteiger partial charge on any atom is -0.383 e. The Morgan fingerprint density at radius 2 is 2.00 bits per heavy atom. The molecular weight excluding hydrogens is 276 g/mol. The number of rotatable bonds is 5. The Balaban J connectivity index is 1.52. The lowest BCUT2D eigenvalue weighted by atomic mass is 9.72. The molecule has 3 heterocycles. The zero-order valence-electron chi connectivity index (χ0n) is 14.1. The zero-order valence-corrected chi connectivity index (χ0v) is 14.1. The molecule has 2 saturated heterocycles. The summed E-state index contributed by atoms with van der Waals surface area (Å²) in [4.78, 5) is 5.21. The molecule has 22 heavy (non-hydrogen) atoms. The Hall–Kier alpha value is -0.910.